The molecule has 0 saturated carbocycles. The van der Waals surface area contributed by atoms with E-state index in [9.17, 15) is 24.6 Å². The first kappa shape index (κ1) is 22.5. The van der Waals surface area contributed by atoms with Crippen molar-refractivity contribution in [2.45, 2.75) is 31.4 Å². The van der Waals surface area contributed by atoms with Gasteiger partial charge in [0.2, 0.25) is 5.91 Å². The smallest absolute Gasteiger partial charge is 0.407 e. The Morgan fingerprint density at radius 1 is 1.09 bits per heavy atom. The molecule has 8 heteroatoms. The number of carbonyl (C=O) groups excluding carboxylic acids is 2. The lowest BCUT2D eigenvalue weighted by molar-refractivity contribution is -0.146. The fourth-order valence-corrected chi connectivity index (χ4v) is 4.52. The van der Waals surface area contributed by atoms with Crippen LogP contribution in [0.15, 0.2) is 60.2 Å². The van der Waals surface area contributed by atoms with Crippen LogP contribution in [0, 0.1) is 0 Å². The minimum Gasteiger partial charge on any atom is -0.480 e. The van der Waals surface area contributed by atoms with Crippen LogP contribution in [0.1, 0.15) is 30.4 Å². The molecule has 2 aromatic rings. The summed E-state index contributed by atoms with van der Waals surface area (Å²) in [6.45, 7) is 1.77. The summed E-state index contributed by atoms with van der Waals surface area (Å²) >= 11 is 0. The number of alkyl carbamates (subject to hydrolysis) is 1. The lowest BCUT2D eigenvalue weighted by Gasteiger charge is -2.21. The zero-order valence-electron chi connectivity index (χ0n) is 18.2. The third-order valence-corrected chi connectivity index (χ3v) is 6.16. The van der Waals surface area contributed by atoms with Crippen LogP contribution in [0.2, 0.25) is 0 Å². The number of β-amino-alcohol motifs (C(OH)–C–C–N with tert-alkyl or cyclic N) is 1. The van der Waals surface area contributed by atoms with E-state index in [1.165, 1.54) is 6.08 Å². The number of nitrogens with one attached hydrogen (secondary N) is 1. The first-order chi connectivity index (χ1) is 15.9. The number of aliphatic hydroxyl groups is 1. The largest absolute Gasteiger partial charge is 0.480 e. The molecule has 4 rings (SSSR count). The monoisotopic (exact) mass is 450 g/mol. The van der Waals surface area contributed by atoms with Gasteiger partial charge in [-0.25, -0.2) is 9.59 Å². The second kappa shape index (κ2) is 9.46. The zero-order valence-corrected chi connectivity index (χ0v) is 18.2. The third-order valence-electron chi connectivity index (χ3n) is 6.16. The number of aliphatic hydroxyl groups excluding tert-OH is 1. The van der Waals surface area contributed by atoms with Gasteiger partial charge >= 0.3 is 12.1 Å². The van der Waals surface area contributed by atoms with Crippen molar-refractivity contribution in [3.05, 3.63) is 71.3 Å². The van der Waals surface area contributed by atoms with Gasteiger partial charge in [-0.1, -0.05) is 54.6 Å². The number of ether oxygens (including phenoxy) is 1. The molecule has 0 bridgehead atoms. The minimum absolute atomic E-state index is 0.00630. The molecule has 0 aromatic heterocycles. The fourth-order valence-electron chi connectivity index (χ4n) is 4.52. The summed E-state index contributed by atoms with van der Waals surface area (Å²) < 4.78 is 5.46. The molecule has 0 unspecified atom stereocenters. The van der Waals surface area contributed by atoms with Crippen LogP contribution in [0.4, 0.5) is 4.79 Å². The number of carboxylic acid groups (broad SMARTS) is 1. The molecular weight excluding hydrogens is 424 g/mol. The molecule has 1 aliphatic heterocycles. The van der Waals surface area contributed by atoms with E-state index < -0.39 is 30.1 Å². The van der Waals surface area contributed by atoms with E-state index in [1.54, 1.807) is 6.92 Å². The van der Waals surface area contributed by atoms with Crippen LogP contribution >= 0.6 is 0 Å². The van der Waals surface area contributed by atoms with Gasteiger partial charge in [0.05, 0.1) is 6.10 Å². The average molecular weight is 450 g/mol. The molecule has 2 amide bonds. The number of amides is 2. The molecule has 2 aromatic carbocycles. The van der Waals surface area contributed by atoms with Gasteiger partial charge in [-0.3, -0.25) is 4.79 Å². The summed E-state index contributed by atoms with van der Waals surface area (Å²) in [5.74, 6) is -1.67. The van der Waals surface area contributed by atoms with Crippen molar-refractivity contribution in [3.63, 3.8) is 0 Å². The molecule has 2 atom stereocenters. The predicted molar refractivity (Wildman–Crippen MR) is 121 cm³/mol. The first-order valence-corrected chi connectivity index (χ1v) is 10.8. The number of aliphatic carboxylic acids is 1. The van der Waals surface area contributed by atoms with E-state index in [-0.39, 0.29) is 37.6 Å². The highest BCUT2D eigenvalue weighted by atomic mass is 16.5. The number of carboxylic acids is 1. The number of nitrogens with zero attached hydrogens (tertiary/aromatic N) is 1. The van der Waals surface area contributed by atoms with E-state index in [0.717, 1.165) is 27.2 Å². The molecule has 1 aliphatic carbocycles. The summed E-state index contributed by atoms with van der Waals surface area (Å²) in [6, 6.07) is 15.1. The number of carbonyl (C=O) groups is 3. The van der Waals surface area contributed by atoms with Gasteiger partial charge in [0.15, 0.2) is 0 Å². The van der Waals surface area contributed by atoms with Gasteiger partial charge in [-0.05, 0) is 29.2 Å². The summed E-state index contributed by atoms with van der Waals surface area (Å²) in [7, 11) is 0. The molecule has 33 heavy (non-hydrogen) atoms. The van der Waals surface area contributed by atoms with Crippen LogP contribution < -0.4 is 5.32 Å². The van der Waals surface area contributed by atoms with E-state index in [1.807, 2.05) is 36.4 Å². The van der Waals surface area contributed by atoms with Gasteiger partial charge in [-0.2, -0.15) is 0 Å². The highest BCUT2D eigenvalue weighted by molar-refractivity contribution is 5.96. The fraction of sp³-hybridized carbons (Fsp3) is 0.320. The van der Waals surface area contributed by atoms with Gasteiger partial charge in [0, 0.05) is 31.0 Å². The molecule has 8 nitrogen and oxygen atoms in total. The maximum Gasteiger partial charge on any atom is 0.407 e. The molecular formula is C25H26N2O6. The highest BCUT2D eigenvalue weighted by Gasteiger charge is 2.39. The Morgan fingerprint density at radius 3 is 2.30 bits per heavy atom. The van der Waals surface area contributed by atoms with Crippen molar-refractivity contribution in [1.29, 1.82) is 0 Å². The molecule has 0 radical (unpaired) electrons. The van der Waals surface area contributed by atoms with Crippen LogP contribution in [-0.2, 0) is 14.3 Å². The lowest BCUT2D eigenvalue weighted by Crippen LogP contribution is -2.41. The zero-order chi connectivity index (χ0) is 23.5. The van der Waals surface area contributed by atoms with Gasteiger partial charge < -0.3 is 25.2 Å². The van der Waals surface area contributed by atoms with E-state index in [2.05, 4.69) is 17.4 Å². The van der Waals surface area contributed by atoms with Crippen molar-refractivity contribution in [3.8, 4) is 11.1 Å². The number of hydrogen-bond acceptors (Lipinski definition) is 5. The molecule has 1 heterocycles. The standard InChI is InChI=1S/C25H26N2O6/c1-15(23(29)27-13-16(28)12-22(27)24(30)31)10-11-26-25(32)33-14-21-19-8-4-2-6-17(19)18-7-3-5-9-20(18)21/h2-10,16,21-22,28H,11-14H2,1H3,(H,26,32)(H,30,31)/b15-10+/t16-,22-/m0/s1. The number of hydrogen-bond donors (Lipinski definition) is 3. The summed E-state index contributed by atoms with van der Waals surface area (Å²) in [5, 5.41) is 21.6. The minimum atomic E-state index is -1.15. The predicted octanol–water partition coefficient (Wildman–Crippen LogP) is 2.52. The average Bonchev–Trinajstić information content (AvgIpc) is 3.35. The summed E-state index contributed by atoms with van der Waals surface area (Å²) in [6.07, 6.45) is 0.0508. The maximum absolute atomic E-state index is 12.6. The first-order valence-electron chi connectivity index (χ1n) is 10.8. The molecule has 172 valence electrons. The number of benzene rings is 2. The SMILES string of the molecule is C/C(=C\CNC(=O)OCC1c2ccccc2-c2ccccc21)C(=O)N1C[C@@H](O)C[C@H]1C(=O)O. The van der Waals surface area contributed by atoms with Crippen LogP contribution in [0.5, 0.6) is 0 Å². The molecule has 1 fully saturated rings. The highest BCUT2D eigenvalue weighted by Crippen LogP contribution is 2.44. The number of rotatable bonds is 6. The number of likely N-dealkylation sites (tertiary alicyclic amines) is 1. The Balaban J connectivity index is 1.32. The third kappa shape index (κ3) is 4.61. The lowest BCUT2D eigenvalue weighted by atomic mass is 9.98. The molecule has 1 saturated heterocycles. The van der Waals surface area contributed by atoms with E-state index in [4.69, 9.17) is 4.74 Å². The Kier molecular flexibility index (Phi) is 6.46. The maximum atomic E-state index is 12.6. The van der Waals surface area contributed by atoms with Crippen molar-refractivity contribution >= 4 is 18.0 Å². The summed E-state index contributed by atoms with van der Waals surface area (Å²) in [5.41, 5.74) is 4.81. The molecule has 0 spiro atoms. The van der Waals surface area contributed by atoms with Gasteiger partial charge in [0.25, 0.3) is 0 Å². The van der Waals surface area contributed by atoms with Crippen molar-refractivity contribution < 1.29 is 29.3 Å². The Labute approximate surface area is 191 Å². The van der Waals surface area contributed by atoms with Crippen molar-refractivity contribution in [2.24, 2.45) is 0 Å². The van der Waals surface area contributed by atoms with Gasteiger partial charge in [-0.15, -0.1) is 0 Å². The van der Waals surface area contributed by atoms with Crippen LogP contribution in [0.25, 0.3) is 11.1 Å². The normalized spacial score (nSPS) is 19.7. The van der Waals surface area contributed by atoms with E-state index >= 15 is 0 Å². The summed E-state index contributed by atoms with van der Waals surface area (Å²) in [4.78, 5) is 37.3. The quantitative estimate of drug-likeness (QED) is 0.583. The van der Waals surface area contributed by atoms with Gasteiger partial charge in [0.1, 0.15) is 12.6 Å². The van der Waals surface area contributed by atoms with Crippen LogP contribution in [0.3, 0.4) is 0 Å². The van der Waals surface area contributed by atoms with Crippen molar-refractivity contribution in [1.82, 2.24) is 10.2 Å². The Bertz CT molecular complexity index is 1070. The number of fused-ring (bicyclic) bond motifs is 3. The van der Waals surface area contributed by atoms with Crippen molar-refractivity contribution in [2.75, 3.05) is 19.7 Å². The molecule has 3 N–H and O–H groups in total. The Morgan fingerprint density at radius 2 is 1.70 bits per heavy atom. The second-order valence-corrected chi connectivity index (χ2v) is 8.29. The second-order valence-electron chi connectivity index (χ2n) is 8.29. The van der Waals surface area contributed by atoms with Crippen LogP contribution in [-0.4, -0.2) is 64.9 Å². The molecule has 2 aliphatic rings. The Hall–Kier alpha value is -3.65. The van der Waals surface area contributed by atoms with E-state index in [0.29, 0.717) is 0 Å². The topological polar surface area (TPSA) is 116 Å².